The van der Waals surface area contributed by atoms with Crippen molar-refractivity contribution in [3.63, 3.8) is 0 Å². The molecule has 25 heavy (non-hydrogen) atoms. The Morgan fingerprint density at radius 3 is 2.52 bits per heavy atom. The molecular weight excluding hydrogens is 384 g/mol. The highest BCUT2D eigenvalue weighted by Gasteiger charge is 2.02. The van der Waals surface area contributed by atoms with Crippen LogP contribution in [0.2, 0.25) is 0 Å². The lowest BCUT2D eigenvalue weighted by atomic mass is 10.3. The van der Waals surface area contributed by atoms with Crippen molar-refractivity contribution in [1.29, 1.82) is 0 Å². The van der Waals surface area contributed by atoms with Crippen LogP contribution in [-0.4, -0.2) is 21.9 Å². The van der Waals surface area contributed by atoms with E-state index in [4.69, 9.17) is 0 Å². The normalized spacial score (nSPS) is 10.8. The highest BCUT2D eigenvalue weighted by molar-refractivity contribution is 9.10. The molecule has 0 unspecified atom stereocenters. The van der Waals surface area contributed by atoms with E-state index in [2.05, 4.69) is 31.8 Å². The van der Waals surface area contributed by atoms with Crippen LogP contribution in [-0.2, 0) is 0 Å². The number of aromatic nitrogens is 1. The number of hydrogen-bond acceptors (Lipinski definition) is 3. The van der Waals surface area contributed by atoms with Crippen molar-refractivity contribution in [3.05, 3.63) is 77.0 Å². The summed E-state index contributed by atoms with van der Waals surface area (Å²) in [6.45, 7) is 0. The molecule has 0 radical (unpaired) electrons. The molecule has 1 heterocycles. The van der Waals surface area contributed by atoms with Gasteiger partial charge in [-0.1, -0.05) is 15.9 Å². The lowest BCUT2D eigenvalue weighted by Gasteiger charge is -2.06. The molecule has 0 spiro atoms. The summed E-state index contributed by atoms with van der Waals surface area (Å²) < 4.78 is 2.82. The molecule has 1 aromatic heterocycles. The first-order chi connectivity index (χ1) is 12.1. The molecule has 7 heteroatoms. The maximum Gasteiger partial charge on any atom is 0.339 e. The highest BCUT2D eigenvalue weighted by Crippen LogP contribution is 2.16. The number of halogens is 1. The number of carbonyl (C=O) groups excluding carboxylic acids is 1. The van der Waals surface area contributed by atoms with Gasteiger partial charge in [0.1, 0.15) is 5.75 Å². The summed E-state index contributed by atoms with van der Waals surface area (Å²) in [5.74, 6) is 0.206. The maximum atomic E-state index is 11.8. The van der Waals surface area contributed by atoms with E-state index in [0.717, 1.165) is 15.9 Å². The third-order valence-corrected chi connectivity index (χ3v) is 3.90. The van der Waals surface area contributed by atoms with Crippen LogP contribution in [0.25, 0.3) is 5.69 Å². The molecule has 0 aliphatic carbocycles. The number of phenols is 1. The van der Waals surface area contributed by atoms with Crippen molar-refractivity contribution in [2.24, 2.45) is 5.10 Å². The van der Waals surface area contributed by atoms with Crippen LogP contribution in [0, 0.1) is 0 Å². The van der Waals surface area contributed by atoms with Gasteiger partial charge in [-0.15, -0.1) is 0 Å². The number of amides is 2. The molecule has 6 nitrogen and oxygen atoms in total. The van der Waals surface area contributed by atoms with E-state index in [1.807, 2.05) is 35.0 Å². The molecule has 0 aliphatic rings. The van der Waals surface area contributed by atoms with Crippen molar-refractivity contribution < 1.29 is 9.90 Å². The van der Waals surface area contributed by atoms with Gasteiger partial charge in [0.2, 0.25) is 0 Å². The summed E-state index contributed by atoms with van der Waals surface area (Å²) in [6, 6.07) is 17.3. The molecule has 0 saturated heterocycles. The Hall–Kier alpha value is -3.06. The number of benzene rings is 2. The van der Waals surface area contributed by atoms with Gasteiger partial charge >= 0.3 is 6.03 Å². The van der Waals surface area contributed by atoms with E-state index in [0.29, 0.717) is 5.69 Å². The van der Waals surface area contributed by atoms with Crippen molar-refractivity contribution >= 4 is 33.9 Å². The molecule has 0 fully saturated rings. The van der Waals surface area contributed by atoms with Gasteiger partial charge in [0.25, 0.3) is 0 Å². The number of rotatable bonds is 4. The Morgan fingerprint density at radius 1 is 1.08 bits per heavy atom. The molecule has 0 atom stereocenters. The molecule has 3 rings (SSSR count). The number of hydrazone groups is 1. The lowest BCUT2D eigenvalue weighted by molar-refractivity contribution is 0.252. The second kappa shape index (κ2) is 7.67. The van der Waals surface area contributed by atoms with Crippen LogP contribution < -0.4 is 10.7 Å². The monoisotopic (exact) mass is 398 g/mol. The van der Waals surface area contributed by atoms with E-state index in [-0.39, 0.29) is 5.75 Å². The molecule has 0 saturated carbocycles. The number of carbonyl (C=O) groups is 1. The fourth-order valence-electron chi connectivity index (χ4n) is 2.20. The van der Waals surface area contributed by atoms with E-state index < -0.39 is 6.03 Å². The third kappa shape index (κ3) is 4.48. The van der Waals surface area contributed by atoms with Crippen LogP contribution in [0.3, 0.4) is 0 Å². The summed E-state index contributed by atoms with van der Waals surface area (Å²) in [6.07, 6.45) is 3.42. The summed E-state index contributed by atoms with van der Waals surface area (Å²) >= 11 is 3.34. The van der Waals surface area contributed by atoms with Gasteiger partial charge in [-0.25, -0.2) is 10.2 Å². The van der Waals surface area contributed by atoms with Gasteiger partial charge in [0, 0.05) is 22.0 Å². The molecule has 0 bridgehead atoms. The average molecular weight is 399 g/mol. The first-order valence-corrected chi connectivity index (χ1v) is 8.23. The summed E-state index contributed by atoms with van der Waals surface area (Å²) in [4.78, 5) is 11.8. The van der Waals surface area contributed by atoms with Gasteiger partial charge < -0.3 is 15.0 Å². The van der Waals surface area contributed by atoms with Crippen LogP contribution in [0.5, 0.6) is 5.75 Å². The molecule has 2 amide bonds. The van der Waals surface area contributed by atoms with Crippen molar-refractivity contribution in [2.45, 2.75) is 0 Å². The molecule has 3 N–H and O–H groups in total. The molecule has 2 aromatic carbocycles. The standard InChI is InChI=1S/C18H15BrN4O2/c19-13-3-5-14(6-4-13)21-18(25)22-20-12-16-2-1-11-23(16)15-7-9-17(24)10-8-15/h1-12,24H,(H2,21,22,25)/b20-12+. The molecule has 0 aliphatic heterocycles. The first kappa shape index (κ1) is 16.8. The van der Waals surface area contributed by atoms with E-state index >= 15 is 0 Å². The van der Waals surface area contributed by atoms with Crippen LogP contribution in [0.1, 0.15) is 5.69 Å². The molecular formula is C18H15BrN4O2. The van der Waals surface area contributed by atoms with E-state index in [1.54, 1.807) is 42.6 Å². The van der Waals surface area contributed by atoms with Gasteiger partial charge in [0.05, 0.1) is 11.9 Å². The molecule has 3 aromatic rings. The fraction of sp³-hybridized carbons (Fsp3) is 0. The number of phenolic OH excluding ortho intramolecular Hbond substituents is 1. The predicted molar refractivity (Wildman–Crippen MR) is 101 cm³/mol. The van der Waals surface area contributed by atoms with E-state index in [9.17, 15) is 9.90 Å². The zero-order chi connectivity index (χ0) is 17.6. The number of urea groups is 1. The minimum Gasteiger partial charge on any atom is -0.508 e. The zero-order valence-corrected chi connectivity index (χ0v) is 14.6. The number of aromatic hydroxyl groups is 1. The van der Waals surface area contributed by atoms with Crippen LogP contribution >= 0.6 is 15.9 Å². The summed E-state index contributed by atoms with van der Waals surface area (Å²) in [5.41, 5.74) is 4.76. The van der Waals surface area contributed by atoms with Crippen LogP contribution in [0.15, 0.2) is 76.4 Å². The second-order valence-electron chi connectivity index (χ2n) is 5.15. The fourth-order valence-corrected chi connectivity index (χ4v) is 2.46. The number of hydrogen-bond donors (Lipinski definition) is 3. The second-order valence-corrected chi connectivity index (χ2v) is 6.07. The Bertz CT molecular complexity index is 886. The third-order valence-electron chi connectivity index (χ3n) is 3.37. The van der Waals surface area contributed by atoms with Crippen molar-refractivity contribution in [2.75, 3.05) is 5.32 Å². The predicted octanol–water partition coefficient (Wildman–Crippen LogP) is 4.10. The van der Waals surface area contributed by atoms with Crippen molar-refractivity contribution in [1.82, 2.24) is 9.99 Å². The molecule has 126 valence electrons. The maximum absolute atomic E-state index is 11.8. The van der Waals surface area contributed by atoms with Crippen molar-refractivity contribution in [3.8, 4) is 11.4 Å². The van der Waals surface area contributed by atoms with Gasteiger partial charge in [0.15, 0.2) is 0 Å². The van der Waals surface area contributed by atoms with E-state index in [1.165, 1.54) is 0 Å². The average Bonchev–Trinajstić information content (AvgIpc) is 3.06. The topological polar surface area (TPSA) is 78.7 Å². The SMILES string of the molecule is O=C(N/N=C/c1cccn1-c1ccc(O)cc1)Nc1ccc(Br)cc1. The van der Waals surface area contributed by atoms with Gasteiger partial charge in [-0.2, -0.15) is 5.10 Å². The largest absolute Gasteiger partial charge is 0.508 e. The Balaban J connectivity index is 1.63. The van der Waals surface area contributed by atoms with Gasteiger partial charge in [-0.3, -0.25) is 0 Å². The summed E-state index contributed by atoms with van der Waals surface area (Å²) in [5, 5.41) is 16.0. The zero-order valence-electron chi connectivity index (χ0n) is 13.1. The summed E-state index contributed by atoms with van der Waals surface area (Å²) in [7, 11) is 0. The Morgan fingerprint density at radius 2 is 1.80 bits per heavy atom. The Kier molecular flexibility index (Phi) is 5.15. The highest BCUT2D eigenvalue weighted by atomic mass is 79.9. The number of nitrogens with zero attached hydrogens (tertiary/aromatic N) is 2. The van der Waals surface area contributed by atoms with Crippen LogP contribution in [0.4, 0.5) is 10.5 Å². The minimum atomic E-state index is -0.429. The Labute approximate surface area is 152 Å². The quantitative estimate of drug-likeness (QED) is 0.456. The smallest absolute Gasteiger partial charge is 0.339 e. The first-order valence-electron chi connectivity index (χ1n) is 7.44. The van der Waals surface area contributed by atoms with Gasteiger partial charge in [-0.05, 0) is 60.7 Å². The lowest BCUT2D eigenvalue weighted by Crippen LogP contribution is -2.24. The minimum absolute atomic E-state index is 0.206. The number of anilines is 1. The number of nitrogens with one attached hydrogen (secondary N) is 2.